The molecule has 4 heteroatoms. The van der Waals surface area contributed by atoms with Crippen LogP contribution in [0.15, 0.2) is 24.3 Å². The second-order valence-electron chi connectivity index (χ2n) is 2.30. The Labute approximate surface area is 92.0 Å². The number of nitrogens with two attached hydrogens (primary N) is 1. The Balaban J connectivity index is 0. The Morgan fingerprint density at radius 1 is 1.38 bits per heavy atom. The van der Waals surface area contributed by atoms with Crippen molar-refractivity contribution >= 4 is 5.97 Å². The molecule has 0 aromatic heterocycles. The van der Waals surface area contributed by atoms with Crippen LogP contribution in [-0.2, 0) is 32.3 Å². The average molecular weight is 349 g/mol. The van der Waals surface area contributed by atoms with Crippen molar-refractivity contribution in [3.05, 3.63) is 42.0 Å². The molecular formula is C9H11NO2W. The summed E-state index contributed by atoms with van der Waals surface area (Å²) in [6.45, 7) is 0. The molecule has 1 rings (SSSR count). The average Bonchev–Trinajstić information content (AvgIpc) is 2.03. The first-order chi connectivity index (χ1) is 5.29. The molecule has 0 amide bonds. The van der Waals surface area contributed by atoms with Gasteiger partial charge in [-0.05, 0) is 6.42 Å². The van der Waals surface area contributed by atoms with E-state index in [1.54, 1.807) is 12.1 Å². The van der Waals surface area contributed by atoms with Crippen molar-refractivity contribution in [2.24, 2.45) is 0 Å². The fraction of sp³-hybridized carbons (Fsp3) is 0.222. The van der Waals surface area contributed by atoms with E-state index in [9.17, 15) is 4.79 Å². The molecule has 0 saturated carbocycles. The van der Waals surface area contributed by atoms with Gasteiger partial charge in [0.1, 0.15) is 0 Å². The van der Waals surface area contributed by atoms with E-state index in [0.717, 1.165) is 5.56 Å². The zero-order chi connectivity index (χ0) is 8.10. The van der Waals surface area contributed by atoms with E-state index in [-0.39, 0.29) is 33.6 Å². The van der Waals surface area contributed by atoms with Gasteiger partial charge in [0.25, 0.3) is 0 Å². The number of benzene rings is 1. The first-order valence-electron chi connectivity index (χ1n) is 3.46. The number of rotatable bonds is 3. The van der Waals surface area contributed by atoms with Gasteiger partial charge in [-0.3, -0.25) is 4.79 Å². The molecule has 0 aliphatic carbocycles. The van der Waals surface area contributed by atoms with Crippen LogP contribution in [-0.4, -0.2) is 11.1 Å². The standard InChI is InChI=1S/C9H9O2.H2N.W/c10-9(11)7-6-8-4-2-1-3-5-8;;/h2-5H,6-7H2,(H,10,11);1H2;/q2*-1;+2. The smallest absolute Gasteiger partial charge is 0.693 e. The summed E-state index contributed by atoms with van der Waals surface area (Å²) in [7, 11) is 0. The molecule has 3 nitrogen and oxygen atoms in total. The van der Waals surface area contributed by atoms with Gasteiger partial charge in [0, 0.05) is 6.42 Å². The SMILES string of the molecule is O=C(O)CCc1cc[c-]cc1.[NH2-].[W+2]. The molecule has 70 valence electrons. The Morgan fingerprint density at radius 2 is 1.92 bits per heavy atom. The normalized spacial score (nSPS) is 8.00. The maximum atomic E-state index is 10.2. The predicted molar refractivity (Wildman–Crippen MR) is 46.5 cm³/mol. The first-order valence-corrected chi connectivity index (χ1v) is 3.46. The summed E-state index contributed by atoms with van der Waals surface area (Å²) in [5.74, 6) is -0.752. The molecule has 0 radical (unpaired) electrons. The summed E-state index contributed by atoms with van der Waals surface area (Å²) in [6, 6.07) is 10.2. The van der Waals surface area contributed by atoms with E-state index in [2.05, 4.69) is 6.07 Å². The molecule has 3 N–H and O–H groups in total. The van der Waals surface area contributed by atoms with Crippen molar-refractivity contribution in [2.75, 3.05) is 0 Å². The summed E-state index contributed by atoms with van der Waals surface area (Å²) >= 11 is 0. The van der Waals surface area contributed by atoms with Gasteiger partial charge in [-0.25, -0.2) is 0 Å². The van der Waals surface area contributed by atoms with Gasteiger partial charge >= 0.3 is 27.0 Å². The minimum Gasteiger partial charge on any atom is -0.693 e. The molecular weight excluding hydrogens is 338 g/mol. The van der Waals surface area contributed by atoms with Crippen LogP contribution in [0.5, 0.6) is 0 Å². The van der Waals surface area contributed by atoms with Gasteiger partial charge in [-0.1, -0.05) is 0 Å². The van der Waals surface area contributed by atoms with E-state index >= 15 is 0 Å². The fourth-order valence-electron chi connectivity index (χ4n) is 0.839. The number of hydrogen-bond acceptors (Lipinski definition) is 1. The van der Waals surface area contributed by atoms with Crippen LogP contribution >= 0.6 is 0 Å². The molecule has 0 spiro atoms. The van der Waals surface area contributed by atoms with Gasteiger partial charge in [0.2, 0.25) is 0 Å². The second-order valence-corrected chi connectivity index (χ2v) is 2.30. The van der Waals surface area contributed by atoms with Crippen LogP contribution in [0.2, 0.25) is 0 Å². The molecule has 0 aliphatic heterocycles. The monoisotopic (exact) mass is 349 g/mol. The van der Waals surface area contributed by atoms with Crippen LogP contribution in [0.25, 0.3) is 6.15 Å². The maximum absolute atomic E-state index is 10.2. The minimum absolute atomic E-state index is 0. The maximum Gasteiger partial charge on any atom is 2.00 e. The molecule has 0 aliphatic rings. The Kier molecular flexibility index (Phi) is 9.09. The number of carboxylic acid groups (broad SMARTS) is 1. The number of aliphatic carboxylic acids is 1. The van der Waals surface area contributed by atoms with Crippen molar-refractivity contribution in [3.8, 4) is 0 Å². The summed E-state index contributed by atoms with van der Waals surface area (Å²) in [5, 5.41) is 8.37. The molecule has 1 aromatic carbocycles. The van der Waals surface area contributed by atoms with Crippen molar-refractivity contribution in [1.29, 1.82) is 0 Å². The van der Waals surface area contributed by atoms with Crippen molar-refractivity contribution in [1.82, 2.24) is 0 Å². The third kappa shape index (κ3) is 6.49. The first kappa shape index (κ1) is 14.8. The third-order valence-electron chi connectivity index (χ3n) is 1.41. The van der Waals surface area contributed by atoms with Crippen molar-refractivity contribution in [3.63, 3.8) is 0 Å². The van der Waals surface area contributed by atoms with Gasteiger partial charge in [-0.15, -0.1) is 0 Å². The third-order valence-corrected chi connectivity index (χ3v) is 1.41. The van der Waals surface area contributed by atoms with E-state index in [4.69, 9.17) is 5.11 Å². The van der Waals surface area contributed by atoms with Gasteiger partial charge < -0.3 is 11.3 Å². The number of carboxylic acids is 1. The van der Waals surface area contributed by atoms with E-state index < -0.39 is 5.97 Å². The topological polar surface area (TPSA) is 70.8 Å². The number of carbonyl (C=O) groups is 1. The summed E-state index contributed by atoms with van der Waals surface area (Å²) in [5.41, 5.74) is 1.05. The van der Waals surface area contributed by atoms with E-state index in [1.165, 1.54) is 0 Å². The molecule has 0 bridgehead atoms. The van der Waals surface area contributed by atoms with Gasteiger partial charge in [0.05, 0.1) is 0 Å². The van der Waals surface area contributed by atoms with E-state index in [1.807, 2.05) is 12.1 Å². The Morgan fingerprint density at radius 3 is 2.38 bits per heavy atom. The minimum atomic E-state index is -0.752. The van der Waals surface area contributed by atoms with Gasteiger partial charge in [-0.2, -0.15) is 35.9 Å². The number of hydrogen-bond donors (Lipinski definition) is 1. The molecule has 13 heavy (non-hydrogen) atoms. The second kappa shape index (κ2) is 7.96. The van der Waals surface area contributed by atoms with E-state index in [0.29, 0.717) is 6.42 Å². The Bertz CT molecular complexity index is 239. The van der Waals surface area contributed by atoms with Gasteiger partial charge in [0.15, 0.2) is 0 Å². The Hall–Kier alpha value is -0.662. The van der Waals surface area contributed by atoms with Crippen molar-refractivity contribution in [2.45, 2.75) is 12.8 Å². The molecule has 0 heterocycles. The largest absolute Gasteiger partial charge is 2.00 e. The van der Waals surface area contributed by atoms with Crippen LogP contribution < -0.4 is 0 Å². The van der Waals surface area contributed by atoms with Crippen LogP contribution in [0.4, 0.5) is 0 Å². The van der Waals surface area contributed by atoms with Crippen LogP contribution in [0.3, 0.4) is 0 Å². The summed E-state index contributed by atoms with van der Waals surface area (Å²) in [6.07, 6.45) is 0.800. The summed E-state index contributed by atoms with van der Waals surface area (Å²) < 4.78 is 0. The zero-order valence-electron chi connectivity index (χ0n) is 7.06. The molecule has 0 unspecified atom stereocenters. The molecule has 0 saturated heterocycles. The molecule has 1 aromatic rings. The molecule has 0 atom stereocenters. The number of aryl methyl sites for hydroxylation is 1. The van der Waals surface area contributed by atoms with Crippen LogP contribution in [0.1, 0.15) is 12.0 Å². The predicted octanol–water partition coefficient (Wildman–Crippen LogP) is 2.22. The quantitative estimate of drug-likeness (QED) is 0.851. The summed E-state index contributed by atoms with van der Waals surface area (Å²) in [4.78, 5) is 10.2. The van der Waals surface area contributed by atoms with Crippen molar-refractivity contribution < 1.29 is 31.0 Å². The zero-order valence-corrected chi connectivity index (χ0v) is 10.00. The fourth-order valence-corrected chi connectivity index (χ4v) is 0.839. The van der Waals surface area contributed by atoms with Crippen LogP contribution in [0, 0.1) is 6.07 Å². The molecule has 0 fully saturated rings.